The highest BCUT2D eigenvalue weighted by Gasteiger charge is 2.13. The first kappa shape index (κ1) is 9.72. The lowest BCUT2D eigenvalue weighted by Crippen LogP contribution is -1.87. The molecule has 4 nitrogen and oxygen atoms in total. The lowest BCUT2D eigenvalue weighted by molar-refractivity contribution is 0.112. The number of pyridine rings is 2. The minimum absolute atomic E-state index is 0.573. The molecule has 0 radical (unpaired) electrons. The van der Waals surface area contributed by atoms with E-state index in [0.29, 0.717) is 17.0 Å². The molecule has 0 spiro atoms. The normalized spacial score (nSPS) is 10.6. The molecule has 0 aliphatic carbocycles. The van der Waals surface area contributed by atoms with Gasteiger partial charge in [-0.2, -0.15) is 5.10 Å². The Hall–Kier alpha value is -2.49. The van der Waals surface area contributed by atoms with Crippen molar-refractivity contribution in [3.8, 4) is 11.4 Å². The molecule has 0 unspecified atom stereocenters. The van der Waals surface area contributed by atoms with Crippen molar-refractivity contribution in [2.75, 3.05) is 0 Å². The molecule has 3 rings (SSSR count). The summed E-state index contributed by atoms with van der Waals surface area (Å²) in [5, 5.41) is 4.38. The molecule has 0 amide bonds. The zero-order chi connectivity index (χ0) is 11.7. The highest BCUT2D eigenvalue weighted by Crippen LogP contribution is 2.22. The number of aromatic nitrogens is 3. The third-order valence-electron chi connectivity index (χ3n) is 2.60. The molecule has 0 atom stereocenters. The lowest BCUT2D eigenvalue weighted by Gasteiger charge is -1.94. The van der Waals surface area contributed by atoms with Crippen molar-refractivity contribution >= 4 is 11.8 Å². The van der Waals surface area contributed by atoms with Crippen LogP contribution in [0.5, 0.6) is 0 Å². The van der Waals surface area contributed by atoms with Crippen molar-refractivity contribution in [2.24, 2.45) is 0 Å². The second-order valence-electron chi connectivity index (χ2n) is 3.63. The molecule has 3 aromatic rings. The first-order valence-corrected chi connectivity index (χ1v) is 5.24. The molecule has 0 aliphatic rings. The summed E-state index contributed by atoms with van der Waals surface area (Å²) >= 11 is 0. The zero-order valence-corrected chi connectivity index (χ0v) is 8.95. The predicted octanol–water partition coefficient (Wildman–Crippen LogP) is 2.21. The lowest BCUT2D eigenvalue weighted by atomic mass is 10.1. The van der Waals surface area contributed by atoms with Gasteiger partial charge in [0.15, 0.2) is 6.29 Å². The van der Waals surface area contributed by atoms with Gasteiger partial charge in [-0.05, 0) is 24.3 Å². The maximum absolute atomic E-state index is 11.2. The molecule has 0 bridgehead atoms. The average Bonchev–Trinajstić information content (AvgIpc) is 2.78. The molecule has 82 valence electrons. The minimum atomic E-state index is 0.573. The van der Waals surface area contributed by atoms with Gasteiger partial charge >= 0.3 is 0 Å². The molecule has 17 heavy (non-hydrogen) atoms. The van der Waals surface area contributed by atoms with Crippen LogP contribution >= 0.6 is 0 Å². The maximum Gasteiger partial charge on any atom is 0.154 e. The van der Waals surface area contributed by atoms with E-state index in [-0.39, 0.29) is 0 Å². The number of nitrogens with zero attached hydrogens (tertiary/aromatic N) is 3. The number of carbonyl (C=O) groups excluding carboxylic acids is 1. The third-order valence-corrected chi connectivity index (χ3v) is 2.60. The van der Waals surface area contributed by atoms with Crippen LogP contribution in [-0.4, -0.2) is 20.9 Å². The first-order valence-electron chi connectivity index (χ1n) is 5.24. The summed E-state index contributed by atoms with van der Waals surface area (Å²) < 4.78 is 1.69. The van der Waals surface area contributed by atoms with E-state index in [2.05, 4.69) is 10.1 Å². The summed E-state index contributed by atoms with van der Waals surface area (Å²) in [5.74, 6) is 0. The van der Waals surface area contributed by atoms with Crippen molar-refractivity contribution in [1.29, 1.82) is 0 Å². The molecule has 0 saturated carbocycles. The quantitative estimate of drug-likeness (QED) is 0.626. The smallest absolute Gasteiger partial charge is 0.154 e. The summed E-state index contributed by atoms with van der Waals surface area (Å²) in [6.45, 7) is 0. The molecule has 0 fully saturated rings. The molecule has 0 N–H and O–H groups in total. The van der Waals surface area contributed by atoms with Crippen LogP contribution in [0.1, 0.15) is 10.4 Å². The predicted molar refractivity (Wildman–Crippen MR) is 63.8 cm³/mol. The fraction of sp³-hybridized carbons (Fsp3) is 0. The number of rotatable bonds is 2. The molecule has 3 heterocycles. The Morgan fingerprint density at radius 1 is 1.12 bits per heavy atom. The molecule has 0 saturated heterocycles. The summed E-state index contributed by atoms with van der Waals surface area (Å²) in [7, 11) is 0. The number of hydrogen-bond acceptors (Lipinski definition) is 3. The van der Waals surface area contributed by atoms with Crippen LogP contribution in [0.3, 0.4) is 0 Å². The van der Waals surface area contributed by atoms with E-state index < -0.39 is 0 Å². The van der Waals surface area contributed by atoms with E-state index in [1.54, 1.807) is 10.7 Å². The maximum atomic E-state index is 11.2. The van der Waals surface area contributed by atoms with E-state index in [0.717, 1.165) is 11.8 Å². The summed E-state index contributed by atoms with van der Waals surface area (Å²) in [6, 6.07) is 11.2. The first-order chi connectivity index (χ1) is 8.40. The van der Waals surface area contributed by atoms with Gasteiger partial charge < -0.3 is 0 Å². The van der Waals surface area contributed by atoms with E-state index in [4.69, 9.17) is 0 Å². The number of aldehydes is 1. The summed E-state index contributed by atoms with van der Waals surface area (Å²) in [6.07, 6.45) is 4.33. The van der Waals surface area contributed by atoms with Crippen molar-refractivity contribution in [3.63, 3.8) is 0 Å². The van der Waals surface area contributed by atoms with Crippen molar-refractivity contribution in [3.05, 3.63) is 54.4 Å². The van der Waals surface area contributed by atoms with Crippen molar-refractivity contribution < 1.29 is 4.79 Å². The largest absolute Gasteiger partial charge is 0.298 e. The van der Waals surface area contributed by atoms with Gasteiger partial charge in [-0.15, -0.1) is 0 Å². The molecule has 0 aliphatic heterocycles. The molecule has 0 aromatic carbocycles. The minimum Gasteiger partial charge on any atom is -0.298 e. The number of carbonyl (C=O) groups is 1. The average molecular weight is 223 g/mol. The molecule has 3 aromatic heterocycles. The summed E-state index contributed by atoms with van der Waals surface area (Å²) in [4.78, 5) is 15.4. The van der Waals surface area contributed by atoms with Gasteiger partial charge in [-0.1, -0.05) is 12.1 Å². The second kappa shape index (κ2) is 3.83. The Kier molecular flexibility index (Phi) is 2.19. The highest BCUT2D eigenvalue weighted by molar-refractivity contribution is 5.94. The van der Waals surface area contributed by atoms with Gasteiger partial charge in [0, 0.05) is 12.4 Å². The third kappa shape index (κ3) is 1.50. The Balaban J connectivity index is 2.33. The van der Waals surface area contributed by atoms with Crippen LogP contribution in [-0.2, 0) is 0 Å². The fourth-order valence-electron chi connectivity index (χ4n) is 1.83. The SMILES string of the molecule is O=Cc1c(-c2ccccn2)nn2ccccc12. The van der Waals surface area contributed by atoms with Crippen molar-refractivity contribution in [2.45, 2.75) is 0 Å². The van der Waals surface area contributed by atoms with E-state index >= 15 is 0 Å². The van der Waals surface area contributed by atoms with Gasteiger partial charge in [-0.3, -0.25) is 9.78 Å². The van der Waals surface area contributed by atoms with E-state index in [1.165, 1.54) is 0 Å². The van der Waals surface area contributed by atoms with E-state index in [9.17, 15) is 4.79 Å². The van der Waals surface area contributed by atoms with Crippen LogP contribution < -0.4 is 0 Å². The Morgan fingerprint density at radius 2 is 2.00 bits per heavy atom. The highest BCUT2D eigenvalue weighted by atomic mass is 16.1. The Bertz CT molecular complexity index is 673. The molecular formula is C13H9N3O. The standard InChI is InChI=1S/C13H9N3O/c17-9-10-12-6-2-4-8-16(12)15-13(10)11-5-1-3-7-14-11/h1-9H. The van der Waals surface area contributed by atoms with Crippen LogP contribution in [0, 0.1) is 0 Å². The number of hydrogen-bond donors (Lipinski definition) is 0. The van der Waals surface area contributed by atoms with Crippen molar-refractivity contribution in [1.82, 2.24) is 14.6 Å². The Morgan fingerprint density at radius 3 is 2.76 bits per heavy atom. The van der Waals surface area contributed by atoms with Gasteiger partial charge in [0.05, 0.1) is 16.8 Å². The fourth-order valence-corrected chi connectivity index (χ4v) is 1.83. The van der Waals surface area contributed by atoms with Gasteiger partial charge in [0.25, 0.3) is 0 Å². The number of fused-ring (bicyclic) bond motifs is 1. The molecule has 4 heteroatoms. The topological polar surface area (TPSA) is 47.3 Å². The van der Waals surface area contributed by atoms with Gasteiger partial charge in [0.2, 0.25) is 0 Å². The second-order valence-corrected chi connectivity index (χ2v) is 3.63. The van der Waals surface area contributed by atoms with Crippen LogP contribution in [0.15, 0.2) is 48.8 Å². The zero-order valence-electron chi connectivity index (χ0n) is 8.95. The Labute approximate surface area is 97.5 Å². The van der Waals surface area contributed by atoms with Gasteiger partial charge in [0.1, 0.15) is 5.69 Å². The van der Waals surface area contributed by atoms with Crippen LogP contribution in [0.4, 0.5) is 0 Å². The van der Waals surface area contributed by atoms with Crippen LogP contribution in [0.25, 0.3) is 16.9 Å². The van der Waals surface area contributed by atoms with E-state index in [1.807, 2.05) is 42.6 Å². The van der Waals surface area contributed by atoms with Crippen LogP contribution in [0.2, 0.25) is 0 Å². The monoisotopic (exact) mass is 223 g/mol. The molecular weight excluding hydrogens is 214 g/mol. The summed E-state index contributed by atoms with van der Waals surface area (Å²) in [5.41, 5.74) is 2.69. The van der Waals surface area contributed by atoms with Gasteiger partial charge in [-0.25, -0.2) is 4.52 Å².